The van der Waals surface area contributed by atoms with E-state index in [1.807, 2.05) is 48.5 Å². The molecule has 5 aromatic rings. The Kier molecular flexibility index (Phi) is 6.94. The molecule has 1 aliphatic carbocycles. The van der Waals surface area contributed by atoms with Gasteiger partial charge in [0.05, 0.1) is 18.0 Å². The van der Waals surface area contributed by atoms with Crippen LogP contribution in [-0.2, 0) is 6.42 Å². The lowest BCUT2D eigenvalue weighted by atomic mass is 9.97. The highest BCUT2D eigenvalue weighted by atomic mass is 19.3. The molecule has 3 aromatic carbocycles. The third-order valence-corrected chi connectivity index (χ3v) is 6.89. The summed E-state index contributed by atoms with van der Waals surface area (Å²) in [5.74, 6) is 0.771. The summed E-state index contributed by atoms with van der Waals surface area (Å²) in [6, 6.07) is 26.8. The minimum atomic E-state index is -2.93. The maximum Gasteiger partial charge on any atom is 0.387 e. The molecular weight excluding hydrogens is 498 g/mol. The van der Waals surface area contributed by atoms with Crippen molar-refractivity contribution in [2.75, 3.05) is 6.61 Å². The van der Waals surface area contributed by atoms with E-state index in [1.165, 1.54) is 11.6 Å². The van der Waals surface area contributed by atoms with Crippen LogP contribution in [0.1, 0.15) is 30.0 Å². The van der Waals surface area contributed by atoms with Crippen molar-refractivity contribution in [2.45, 2.75) is 31.9 Å². The lowest BCUT2D eigenvalue weighted by Gasteiger charge is -2.14. The van der Waals surface area contributed by atoms with Crippen molar-refractivity contribution in [3.8, 4) is 34.0 Å². The van der Waals surface area contributed by atoms with Gasteiger partial charge in [-0.1, -0.05) is 48.5 Å². The number of benzene rings is 3. The van der Waals surface area contributed by atoms with Crippen molar-refractivity contribution >= 4 is 5.65 Å². The summed E-state index contributed by atoms with van der Waals surface area (Å²) < 4.78 is 38.3. The molecule has 1 aliphatic rings. The van der Waals surface area contributed by atoms with Gasteiger partial charge in [-0.15, -0.1) is 0 Å². The van der Waals surface area contributed by atoms with Gasteiger partial charge in [0.1, 0.15) is 0 Å². The molecule has 2 aromatic heterocycles. The molecule has 0 aliphatic heterocycles. The quantitative estimate of drug-likeness (QED) is 0.219. The number of hydrogen-bond donors (Lipinski definition) is 1. The maximum absolute atomic E-state index is 13.0. The third-order valence-electron chi connectivity index (χ3n) is 6.89. The Bertz CT molecular complexity index is 1580. The van der Waals surface area contributed by atoms with Gasteiger partial charge in [-0.2, -0.15) is 13.9 Å². The highest BCUT2D eigenvalue weighted by Crippen LogP contribution is 2.37. The fraction of sp³-hybridized carbons (Fsp3) is 0.226. The Hall–Kier alpha value is -4.30. The SMILES string of the molecule is NC(Cc1ccccc1)c1cccc(-c2cc3nccc(-c4ccc(OC(F)F)c(OCC5CC5)c4)n3n2)c1. The second kappa shape index (κ2) is 10.8. The summed E-state index contributed by atoms with van der Waals surface area (Å²) in [5.41, 5.74) is 12.6. The molecule has 0 spiro atoms. The van der Waals surface area contributed by atoms with Crippen molar-refractivity contribution in [1.82, 2.24) is 14.6 Å². The molecule has 2 N–H and O–H groups in total. The molecule has 8 heteroatoms. The fourth-order valence-electron chi connectivity index (χ4n) is 4.64. The van der Waals surface area contributed by atoms with Gasteiger partial charge in [0.25, 0.3) is 0 Å². The van der Waals surface area contributed by atoms with Crippen LogP contribution < -0.4 is 15.2 Å². The highest BCUT2D eigenvalue weighted by Gasteiger charge is 2.23. The lowest BCUT2D eigenvalue weighted by molar-refractivity contribution is -0.0515. The second-order valence-corrected chi connectivity index (χ2v) is 9.85. The molecule has 198 valence electrons. The van der Waals surface area contributed by atoms with Crippen LogP contribution in [0.2, 0.25) is 0 Å². The monoisotopic (exact) mass is 526 g/mol. The van der Waals surface area contributed by atoms with E-state index >= 15 is 0 Å². The smallest absolute Gasteiger partial charge is 0.387 e. The van der Waals surface area contributed by atoms with Gasteiger partial charge < -0.3 is 15.2 Å². The average molecular weight is 527 g/mol. The zero-order valence-electron chi connectivity index (χ0n) is 21.2. The molecule has 2 heterocycles. The predicted molar refractivity (Wildman–Crippen MR) is 146 cm³/mol. The number of nitrogens with two attached hydrogens (primary N) is 1. The maximum atomic E-state index is 13.0. The third kappa shape index (κ3) is 5.76. The van der Waals surface area contributed by atoms with Gasteiger partial charge >= 0.3 is 6.61 Å². The summed E-state index contributed by atoms with van der Waals surface area (Å²) >= 11 is 0. The molecule has 6 nitrogen and oxygen atoms in total. The molecule has 1 unspecified atom stereocenters. The summed E-state index contributed by atoms with van der Waals surface area (Å²) in [4.78, 5) is 4.49. The lowest BCUT2D eigenvalue weighted by Crippen LogP contribution is -2.13. The van der Waals surface area contributed by atoms with Crippen LogP contribution in [0.4, 0.5) is 8.78 Å². The Labute approximate surface area is 225 Å². The van der Waals surface area contributed by atoms with Crippen molar-refractivity contribution in [3.63, 3.8) is 0 Å². The second-order valence-electron chi connectivity index (χ2n) is 9.85. The number of alkyl halides is 2. The number of hydrogen-bond acceptors (Lipinski definition) is 5. The van der Waals surface area contributed by atoms with Gasteiger partial charge in [-0.3, -0.25) is 0 Å². The topological polar surface area (TPSA) is 74.7 Å². The van der Waals surface area contributed by atoms with E-state index in [4.69, 9.17) is 20.3 Å². The number of nitrogens with zero attached hydrogens (tertiary/aromatic N) is 3. The summed E-state index contributed by atoms with van der Waals surface area (Å²) in [5, 5.41) is 4.85. The van der Waals surface area contributed by atoms with Crippen molar-refractivity contribution in [2.24, 2.45) is 11.7 Å². The first-order chi connectivity index (χ1) is 19.0. The largest absolute Gasteiger partial charge is 0.489 e. The van der Waals surface area contributed by atoms with E-state index in [9.17, 15) is 8.78 Å². The van der Waals surface area contributed by atoms with Crippen LogP contribution in [0, 0.1) is 5.92 Å². The van der Waals surface area contributed by atoms with E-state index in [-0.39, 0.29) is 17.5 Å². The van der Waals surface area contributed by atoms with Crippen LogP contribution in [0.15, 0.2) is 91.1 Å². The van der Waals surface area contributed by atoms with Gasteiger partial charge in [0.2, 0.25) is 0 Å². The van der Waals surface area contributed by atoms with Crippen LogP contribution >= 0.6 is 0 Å². The average Bonchev–Trinajstić information content (AvgIpc) is 3.68. The first kappa shape index (κ1) is 25.0. The molecule has 0 radical (unpaired) electrons. The molecule has 1 saturated carbocycles. The molecule has 39 heavy (non-hydrogen) atoms. The number of halogens is 2. The van der Waals surface area contributed by atoms with Gasteiger partial charge in [-0.25, -0.2) is 9.50 Å². The van der Waals surface area contributed by atoms with Crippen molar-refractivity contribution < 1.29 is 18.3 Å². The van der Waals surface area contributed by atoms with Crippen LogP contribution in [-0.4, -0.2) is 27.8 Å². The summed E-state index contributed by atoms with van der Waals surface area (Å²) in [6.45, 7) is -2.46. The van der Waals surface area contributed by atoms with E-state index in [1.54, 1.807) is 22.8 Å². The minimum Gasteiger partial charge on any atom is -0.489 e. The van der Waals surface area contributed by atoms with Gasteiger partial charge in [-0.05, 0) is 66.6 Å². The zero-order valence-corrected chi connectivity index (χ0v) is 21.2. The Balaban J connectivity index is 1.31. The molecule has 0 bridgehead atoms. The first-order valence-corrected chi connectivity index (χ1v) is 13.0. The molecular formula is C31H28F2N4O2. The zero-order chi connectivity index (χ0) is 26.8. The normalized spacial score (nSPS) is 14.1. The minimum absolute atomic E-state index is 0.0181. The summed E-state index contributed by atoms with van der Waals surface area (Å²) in [7, 11) is 0. The van der Waals surface area contributed by atoms with Crippen molar-refractivity contribution in [3.05, 3.63) is 102 Å². The van der Waals surface area contributed by atoms with E-state index in [2.05, 4.69) is 23.2 Å². The number of aromatic nitrogens is 3. The fourth-order valence-corrected chi connectivity index (χ4v) is 4.64. The molecule has 6 rings (SSSR count). The van der Waals surface area contributed by atoms with Crippen LogP contribution in [0.3, 0.4) is 0 Å². The number of rotatable bonds is 10. The number of ether oxygens (including phenoxy) is 2. The molecule has 1 fully saturated rings. The Morgan fingerprint density at radius 3 is 2.54 bits per heavy atom. The Morgan fingerprint density at radius 1 is 0.897 bits per heavy atom. The van der Waals surface area contributed by atoms with Crippen molar-refractivity contribution in [1.29, 1.82) is 0 Å². The van der Waals surface area contributed by atoms with E-state index in [0.717, 1.165) is 47.3 Å². The first-order valence-electron chi connectivity index (χ1n) is 13.0. The predicted octanol–water partition coefficient (Wildman–Crippen LogP) is 6.70. The van der Waals surface area contributed by atoms with Gasteiger partial charge in [0, 0.05) is 29.4 Å². The Morgan fingerprint density at radius 2 is 1.74 bits per heavy atom. The van der Waals surface area contributed by atoms with E-state index < -0.39 is 6.61 Å². The van der Waals surface area contributed by atoms with Gasteiger partial charge in [0.15, 0.2) is 17.1 Å². The summed E-state index contributed by atoms with van der Waals surface area (Å²) in [6.07, 6.45) is 4.61. The molecule has 1 atom stereocenters. The van der Waals surface area contributed by atoms with Crippen LogP contribution in [0.5, 0.6) is 11.5 Å². The number of fused-ring (bicyclic) bond motifs is 1. The molecule has 0 amide bonds. The standard InChI is InChI=1S/C31H28F2N4O2/c32-31(33)39-28-12-11-24(17-29(28)38-19-21-9-10-21)27-13-14-35-30-18-26(36-37(27)30)23-8-4-7-22(16-23)25(34)15-20-5-2-1-3-6-20/h1-8,11-14,16-18,21,25,31H,9-10,15,19,34H2. The van der Waals surface area contributed by atoms with Crippen LogP contribution in [0.25, 0.3) is 28.2 Å². The molecule has 0 saturated heterocycles. The van der Waals surface area contributed by atoms with E-state index in [0.29, 0.717) is 18.2 Å². The highest BCUT2D eigenvalue weighted by molar-refractivity contribution is 5.70.